The highest BCUT2D eigenvalue weighted by Crippen LogP contribution is 2.32. The van der Waals surface area contributed by atoms with Crippen molar-refractivity contribution in [3.63, 3.8) is 0 Å². The average Bonchev–Trinajstić information content (AvgIpc) is 2.68. The van der Waals surface area contributed by atoms with Crippen LogP contribution in [0.4, 0.5) is 0 Å². The SMILES string of the molecule is CNC(C1=CCCCC1)c1csc(I)c1. The second-order valence-corrected chi connectivity index (χ2v) is 6.74. The summed E-state index contributed by atoms with van der Waals surface area (Å²) >= 11 is 4.22. The Morgan fingerprint density at radius 3 is 2.87 bits per heavy atom. The summed E-state index contributed by atoms with van der Waals surface area (Å²) in [6.45, 7) is 0. The third-order valence-corrected chi connectivity index (χ3v) is 4.71. The quantitative estimate of drug-likeness (QED) is 0.648. The van der Waals surface area contributed by atoms with E-state index in [0.29, 0.717) is 6.04 Å². The predicted molar refractivity (Wildman–Crippen MR) is 75.4 cm³/mol. The predicted octanol–water partition coefficient (Wildman–Crippen LogP) is 4.11. The van der Waals surface area contributed by atoms with E-state index in [1.54, 1.807) is 5.57 Å². The lowest BCUT2D eigenvalue weighted by atomic mass is 9.91. The van der Waals surface area contributed by atoms with Gasteiger partial charge in [-0.3, -0.25) is 0 Å². The Hall–Kier alpha value is 0.130. The van der Waals surface area contributed by atoms with Crippen LogP contribution in [0.25, 0.3) is 0 Å². The molecule has 0 aliphatic heterocycles. The molecule has 1 N–H and O–H groups in total. The van der Waals surface area contributed by atoms with Crippen LogP contribution < -0.4 is 5.32 Å². The molecule has 0 spiro atoms. The van der Waals surface area contributed by atoms with Crippen LogP contribution in [0.1, 0.15) is 37.3 Å². The van der Waals surface area contributed by atoms with Crippen molar-refractivity contribution in [2.24, 2.45) is 0 Å². The first kappa shape index (κ1) is 11.6. The molecule has 3 heteroatoms. The molecule has 1 aromatic rings. The van der Waals surface area contributed by atoms with Gasteiger partial charge < -0.3 is 5.32 Å². The molecule has 1 aliphatic carbocycles. The Morgan fingerprint density at radius 2 is 2.33 bits per heavy atom. The molecule has 0 saturated carbocycles. The smallest absolute Gasteiger partial charge is 0.0656 e. The fraction of sp³-hybridized carbons (Fsp3) is 0.500. The Labute approximate surface area is 109 Å². The zero-order chi connectivity index (χ0) is 10.7. The summed E-state index contributed by atoms with van der Waals surface area (Å²) in [4.78, 5) is 0. The second-order valence-electron chi connectivity index (χ2n) is 3.93. The van der Waals surface area contributed by atoms with Gasteiger partial charge in [0.2, 0.25) is 0 Å². The second kappa shape index (κ2) is 5.46. The van der Waals surface area contributed by atoms with Crippen molar-refractivity contribution in [1.29, 1.82) is 0 Å². The Bertz CT molecular complexity index is 356. The van der Waals surface area contributed by atoms with Crippen molar-refractivity contribution >= 4 is 33.9 Å². The van der Waals surface area contributed by atoms with Crippen LogP contribution in [-0.2, 0) is 0 Å². The standard InChI is InChI=1S/C12H16INS/c1-14-12(9-5-3-2-4-6-9)10-7-11(13)15-8-10/h5,7-8,12,14H,2-4,6H2,1H3. The van der Waals surface area contributed by atoms with E-state index in [9.17, 15) is 0 Å². The van der Waals surface area contributed by atoms with Crippen molar-refractivity contribution in [2.75, 3.05) is 7.05 Å². The van der Waals surface area contributed by atoms with Crippen molar-refractivity contribution in [3.05, 3.63) is 31.5 Å². The lowest BCUT2D eigenvalue weighted by Crippen LogP contribution is -2.19. The van der Waals surface area contributed by atoms with E-state index in [1.165, 1.54) is 34.1 Å². The van der Waals surface area contributed by atoms with Crippen LogP contribution in [-0.4, -0.2) is 7.05 Å². The Morgan fingerprint density at radius 1 is 1.47 bits per heavy atom. The summed E-state index contributed by atoms with van der Waals surface area (Å²) in [7, 11) is 2.06. The van der Waals surface area contributed by atoms with Gasteiger partial charge in [-0.15, -0.1) is 11.3 Å². The summed E-state index contributed by atoms with van der Waals surface area (Å²) in [5.74, 6) is 0. The first-order chi connectivity index (χ1) is 7.31. The summed E-state index contributed by atoms with van der Waals surface area (Å²) < 4.78 is 1.37. The van der Waals surface area contributed by atoms with Crippen LogP contribution in [0.3, 0.4) is 0 Å². The normalized spacial score (nSPS) is 18.7. The molecule has 1 heterocycles. The van der Waals surface area contributed by atoms with E-state index in [1.807, 2.05) is 11.3 Å². The molecule has 1 atom stereocenters. The van der Waals surface area contributed by atoms with Crippen molar-refractivity contribution in [2.45, 2.75) is 31.7 Å². The van der Waals surface area contributed by atoms with Crippen molar-refractivity contribution < 1.29 is 0 Å². The molecule has 1 unspecified atom stereocenters. The van der Waals surface area contributed by atoms with Gasteiger partial charge in [0.25, 0.3) is 0 Å². The summed E-state index contributed by atoms with van der Waals surface area (Å²) in [6.07, 6.45) is 7.66. The van der Waals surface area contributed by atoms with E-state index in [-0.39, 0.29) is 0 Å². The van der Waals surface area contributed by atoms with Crippen LogP contribution in [0.2, 0.25) is 0 Å². The molecule has 82 valence electrons. The fourth-order valence-electron chi connectivity index (χ4n) is 2.17. The molecule has 1 aliphatic rings. The maximum absolute atomic E-state index is 3.44. The largest absolute Gasteiger partial charge is 0.310 e. The van der Waals surface area contributed by atoms with Gasteiger partial charge >= 0.3 is 0 Å². The zero-order valence-electron chi connectivity index (χ0n) is 8.92. The van der Waals surface area contributed by atoms with E-state index >= 15 is 0 Å². The molecule has 0 aromatic carbocycles. The highest BCUT2D eigenvalue weighted by atomic mass is 127. The number of hydrogen-bond acceptors (Lipinski definition) is 2. The Balaban J connectivity index is 2.19. The molecule has 0 bridgehead atoms. The Kier molecular flexibility index (Phi) is 4.22. The molecule has 1 nitrogen and oxygen atoms in total. The lowest BCUT2D eigenvalue weighted by Gasteiger charge is -2.22. The molecule has 0 fully saturated rings. The third kappa shape index (κ3) is 2.82. The fourth-order valence-corrected chi connectivity index (χ4v) is 3.56. The van der Waals surface area contributed by atoms with E-state index < -0.39 is 0 Å². The molecular weight excluding hydrogens is 317 g/mol. The number of rotatable bonds is 3. The number of thiophene rings is 1. The number of allylic oxidation sites excluding steroid dienone is 1. The maximum atomic E-state index is 3.44. The van der Waals surface area contributed by atoms with Gasteiger partial charge in [0.1, 0.15) is 0 Å². The van der Waals surface area contributed by atoms with E-state index in [2.05, 4.69) is 52.5 Å². The number of likely N-dealkylation sites (N-methyl/N-ethyl adjacent to an activating group) is 1. The summed E-state index contributed by atoms with van der Waals surface area (Å²) in [5.41, 5.74) is 3.01. The van der Waals surface area contributed by atoms with Crippen LogP contribution >= 0.6 is 33.9 Å². The minimum Gasteiger partial charge on any atom is -0.310 e. The van der Waals surface area contributed by atoms with Crippen LogP contribution in [0, 0.1) is 2.88 Å². The summed E-state index contributed by atoms with van der Waals surface area (Å²) in [5, 5.41) is 5.71. The molecular formula is C12H16INS. The van der Waals surface area contributed by atoms with Crippen LogP contribution in [0.5, 0.6) is 0 Å². The number of nitrogens with one attached hydrogen (secondary N) is 1. The number of hydrogen-bond donors (Lipinski definition) is 1. The molecule has 0 amide bonds. The van der Waals surface area contributed by atoms with Gasteiger partial charge in [0.15, 0.2) is 0 Å². The molecule has 0 radical (unpaired) electrons. The maximum Gasteiger partial charge on any atom is 0.0656 e. The van der Waals surface area contributed by atoms with Crippen molar-refractivity contribution in [1.82, 2.24) is 5.32 Å². The van der Waals surface area contributed by atoms with Gasteiger partial charge in [-0.25, -0.2) is 0 Å². The number of halogens is 1. The average molecular weight is 333 g/mol. The highest BCUT2D eigenvalue weighted by Gasteiger charge is 2.17. The molecule has 0 saturated heterocycles. The first-order valence-electron chi connectivity index (χ1n) is 5.41. The van der Waals surface area contributed by atoms with Gasteiger partial charge in [0, 0.05) is 0 Å². The van der Waals surface area contributed by atoms with Gasteiger partial charge in [-0.1, -0.05) is 11.6 Å². The third-order valence-electron chi connectivity index (χ3n) is 2.91. The van der Waals surface area contributed by atoms with Gasteiger partial charge in [-0.2, -0.15) is 0 Å². The van der Waals surface area contributed by atoms with Crippen LogP contribution in [0.15, 0.2) is 23.1 Å². The topological polar surface area (TPSA) is 12.0 Å². The lowest BCUT2D eigenvalue weighted by molar-refractivity contribution is 0.594. The minimum atomic E-state index is 0.449. The molecule has 15 heavy (non-hydrogen) atoms. The highest BCUT2D eigenvalue weighted by molar-refractivity contribution is 14.1. The van der Waals surface area contributed by atoms with Crippen molar-refractivity contribution in [3.8, 4) is 0 Å². The van der Waals surface area contributed by atoms with Gasteiger partial charge in [0.05, 0.1) is 8.93 Å². The van der Waals surface area contributed by atoms with Gasteiger partial charge in [-0.05, 0) is 72.3 Å². The molecule has 2 rings (SSSR count). The first-order valence-corrected chi connectivity index (χ1v) is 7.37. The minimum absolute atomic E-state index is 0.449. The monoisotopic (exact) mass is 333 g/mol. The molecule has 1 aromatic heterocycles. The van der Waals surface area contributed by atoms with E-state index in [0.717, 1.165) is 0 Å². The zero-order valence-corrected chi connectivity index (χ0v) is 11.9. The van der Waals surface area contributed by atoms with E-state index in [4.69, 9.17) is 0 Å². The summed E-state index contributed by atoms with van der Waals surface area (Å²) in [6, 6.07) is 2.74.